The van der Waals surface area contributed by atoms with Gasteiger partial charge in [0, 0.05) is 9.75 Å². The van der Waals surface area contributed by atoms with Crippen LogP contribution in [-0.2, 0) is 0 Å². The van der Waals surface area contributed by atoms with E-state index in [2.05, 4.69) is 38.2 Å². The minimum absolute atomic E-state index is 0.186. The second-order valence-electron chi connectivity index (χ2n) is 4.33. The Hall–Kier alpha value is -1.06. The van der Waals surface area contributed by atoms with Crippen molar-refractivity contribution in [2.24, 2.45) is 0 Å². The Morgan fingerprint density at radius 2 is 2.06 bits per heavy atom. The van der Waals surface area contributed by atoms with Gasteiger partial charge in [0.05, 0.1) is 0 Å². The third kappa shape index (κ3) is 2.61. The van der Waals surface area contributed by atoms with Gasteiger partial charge in [0.2, 0.25) is 0 Å². The fourth-order valence-corrected chi connectivity index (χ4v) is 3.02. The van der Waals surface area contributed by atoms with E-state index in [1.807, 2.05) is 24.3 Å². The Balaban J connectivity index is 2.34. The number of thiophene rings is 1. The highest BCUT2D eigenvalue weighted by Crippen LogP contribution is 2.31. The average Bonchev–Trinajstić information content (AvgIpc) is 2.83. The maximum Gasteiger partial charge on any atom is 0.126 e. The zero-order valence-corrected chi connectivity index (χ0v) is 11.6. The molecule has 3 heteroatoms. The molecule has 2 heterocycles. The van der Waals surface area contributed by atoms with Gasteiger partial charge in [-0.3, -0.25) is 0 Å². The first-order valence-electron chi connectivity index (χ1n) is 5.98. The van der Waals surface area contributed by atoms with Crippen molar-refractivity contribution in [2.45, 2.75) is 33.7 Å². The van der Waals surface area contributed by atoms with Crippen LogP contribution in [0.15, 0.2) is 22.6 Å². The number of rotatable bonds is 4. The largest absolute Gasteiger partial charge is 0.464 e. The molecule has 0 bridgehead atoms. The first-order chi connectivity index (χ1) is 8.11. The second-order valence-corrected chi connectivity index (χ2v) is 5.61. The quantitative estimate of drug-likeness (QED) is 0.887. The van der Waals surface area contributed by atoms with E-state index >= 15 is 0 Å². The van der Waals surface area contributed by atoms with Crippen molar-refractivity contribution < 1.29 is 4.42 Å². The lowest BCUT2D eigenvalue weighted by Crippen LogP contribution is -2.20. The number of furan rings is 1. The Kier molecular flexibility index (Phi) is 3.69. The lowest BCUT2D eigenvalue weighted by atomic mass is 10.1. The molecule has 1 unspecified atom stereocenters. The van der Waals surface area contributed by atoms with Crippen molar-refractivity contribution in [1.29, 1.82) is 0 Å². The summed E-state index contributed by atoms with van der Waals surface area (Å²) in [5.41, 5.74) is 1.36. The third-order valence-electron chi connectivity index (χ3n) is 2.92. The summed E-state index contributed by atoms with van der Waals surface area (Å²) in [7, 11) is 0. The molecule has 0 fully saturated rings. The van der Waals surface area contributed by atoms with Gasteiger partial charge in [0.25, 0.3) is 0 Å². The molecule has 1 N–H and O–H groups in total. The van der Waals surface area contributed by atoms with Gasteiger partial charge >= 0.3 is 0 Å². The summed E-state index contributed by atoms with van der Waals surface area (Å²) in [5.74, 6) is 1.97. The van der Waals surface area contributed by atoms with Gasteiger partial charge in [-0.2, -0.15) is 0 Å². The summed E-state index contributed by atoms with van der Waals surface area (Å²) >= 11 is 1.84. The minimum Gasteiger partial charge on any atom is -0.464 e. The van der Waals surface area contributed by atoms with Crippen LogP contribution < -0.4 is 5.32 Å². The zero-order chi connectivity index (χ0) is 12.4. The number of aryl methyl sites for hydroxylation is 3. The van der Waals surface area contributed by atoms with E-state index in [1.54, 1.807) is 0 Å². The summed E-state index contributed by atoms with van der Waals surface area (Å²) in [6.45, 7) is 9.36. The molecule has 1 atom stereocenters. The number of hydrogen-bond acceptors (Lipinski definition) is 3. The van der Waals surface area contributed by atoms with Gasteiger partial charge in [-0.05, 0) is 51.1 Å². The van der Waals surface area contributed by atoms with Crippen molar-refractivity contribution in [3.8, 4) is 0 Å². The van der Waals surface area contributed by atoms with Crippen LogP contribution in [0, 0.1) is 20.8 Å². The van der Waals surface area contributed by atoms with Crippen molar-refractivity contribution in [3.63, 3.8) is 0 Å². The summed E-state index contributed by atoms with van der Waals surface area (Å²) in [5, 5.41) is 3.49. The number of nitrogens with one attached hydrogen (secondary N) is 1. The molecule has 0 aliphatic rings. The van der Waals surface area contributed by atoms with Crippen LogP contribution in [0.2, 0.25) is 0 Å². The van der Waals surface area contributed by atoms with E-state index in [0.29, 0.717) is 0 Å². The summed E-state index contributed by atoms with van der Waals surface area (Å²) in [4.78, 5) is 2.71. The topological polar surface area (TPSA) is 25.2 Å². The lowest BCUT2D eigenvalue weighted by Gasteiger charge is -2.13. The van der Waals surface area contributed by atoms with Gasteiger partial charge in [0.1, 0.15) is 17.6 Å². The maximum absolute atomic E-state index is 5.75. The second kappa shape index (κ2) is 5.07. The molecule has 0 aliphatic heterocycles. The van der Waals surface area contributed by atoms with E-state index < -0.39 is 0 Å². The zero-order valence-electron chi connectivity index (χ0n) is 10.8. The van der Waals surface area contributed by atoms with E-state index in [-0.39, 0.29) is 6.04 Å². The molecule has 0 spiro atoms. The first-order valence-corrected chi connectivity index (χ1v) is 6.80. The van der Waals surface area contributed by atoms with Crippen LogP contribution in [0.3, 0.4) is 0 Å². The highest BCUT2D eigenvalue weighted by Gasteiger charge is 2.18. The first kappa shape index (κ1) is 12.4. The fraction of sp³-hybridized carbons (Fsp3) is 0.429. The van der Waals surface area contributed by atoms with Crippen molar-refractivity contribution >= 4 is 11.3 Å². The molecule has 92 valence electrons. The third-order valence-corrected chi connectivity index (χ3v) is 4.14. The van der Waals surface area contributed by atoms with E-state index in [1.165, 1.54) is 15.3 Å². The van der Waals surface area contributed by atoms with Gasteiger partial charge in [0.15, 0.2) is 0 Å². The van der Waals surface area contributed by atoms with Crippen LogP contribution >= 0.6 is 11.3 Å². The Morgan fingerprint density at radius 1 is 1.29 bits per heavy atom. The van der Waals surface area contributed by atoms with Crippen LogP contribution in [0.5, 0.6) is 0 Å². The van der Waals surface area contributed by atoms with Crippen LogP contribution in [-0.4, -0.2) is 6.54 Å². The predicted octanol–water partition coefficient (Wildman–Crippen LogP) is 3.97. The van der Waals surface area contributed by atoms with Gasteiger partial charge in [-0.1, -0.05) is 6.92 Å². The number of hydrogen-bond donors (Lipinski definition) is 1. The minimum atomic E-state index is 0.186. The normalized spacial score (nSPS) is 12.9. The molecule has 0 amide bonds. The van der Waals surface area contributed by atoms with Crippen molar-refractivity contribution in [3.05, 3.63) is 45.0 Å². The maximum atomic E-state index is 5.75. The molecule has 2 nitrogen and oxygen atoms in total. The Bertz CT molecular complexity index is 479. The Morgan fingerprint density at radius 3 is 2.53 bits per heavy atom. The highest BCUT2D eigenvalue weighted by molar-refractivity contribution is 7.12. The van der Waals surface area contributed by atoms with Crippen LogP contribution in [0.1, 0.15) is 39.8 Å². The SMILES string of the molecule is CCNC(c1ccc(C)o1)c1cc(C)c(C)s1. The van der Waals surface area contributed by atoms with Gasteiger partial charge < -0.3 is 9.73 Å². The predicted molar refractivity (Wildman–Crippen MR) is 72.8 cm³/mol. The molecule has 2 rings (SSSR count). The summed E-state index contributed by atoms with van der Waals surface area (Å²) < 4.78 is 5.75. The van der Waals surface area contributed by atoms with Crippen molar-refractivity contribution in [1.82, 2.24) is 5.32 Å². The van der Waals surface area contributed by atoms with Crippen LogP contribution in [0.4, 0.5) is 0 Å². The standard InChI is InChI=1S/C14H19NOS/c1-5-15-14(12-7-6-10(3)16-12)13-8-9(2)11(4)17-13/h6-8,14-15H,5H2,1-4H3. The molecule has 0 saturated heterocycles. The van der Waals surface area contributed by atoms with E-state index in [9.17, 15) is 0 Å². The molecule has 0 aliphatic carbocycles. The van der Waals surface area contributed by atoms with Gasteiger partial charge in [-0.15, -0.1) is 11.3 Å². The lowest BCUT2D eigenvalue weighted by molar-refractivity contribution is 0.437. The van der Waals surface area contributed by atoms with Gasteiger partial charge in [-0.25, -0.2) is 0 Å². The molecule has 2 aromatic rings. The van der Waals surface area contributed by atoms with Crippen molar-refractivity contribution in [2.75, 3.05) is 6.54 Å². The fourth-order valence-electron chi connectivity index (χ4n) is 1.90. The monoisotopic (exact) mass is 249 g/mol. The molecule has 0 radical (unpaired) electrons. The highest BCUT2D eigenvalue weighted by atomic mass is 32.1. The van der Waals surface area contributed by atoms with Crippen LogP contribution in [0.25, 0.3) is 0 Å². The molecular formula is C14H19NOS. The summed E-state index contributed by atoms with van der Waals surface area (Å²) in [6.07, 6.45) is 0. The average molecular weight is 249 g/mol. The molecule has 0 saturated carbocycles. The summed E-state index contributed by atoms with van der Waals surface area (Å²) in [6, 6.07) is 6.52. The molecule has 0 aromatic carbocycles. The molecular weight excluding hydrogens is 230 g/mol. The molecule has 2 aromatic heterocycles. The smallest absolute Gasteiger partial charge is 0.126 e. The Labute approximate surface area is 107 Å². The molecule has 17 heavy (non-hydrogen) atoms. The van der Waals surface area contributed by atoms with E-state index in [0.717, 1.165) is 18.1 Å². The van der Waals surface area contributed by atoms with E-state index in [4.69, 9.17) is 4.42 Å².